The predicted octanol–water partition coefficient (Wildman–Crippen LogP) is 3.91. The number of pyridine rings is 1. The fourth-order valence-corrected chi connectivity index (χ4v) is 4.55. The molecular formula is C18H13ClN4O4S. The molecule has 3 aromatic heterocycles. The Hall–Kier alpha value is -3.17. The molecule has 0 amide bonds. The van der Waals surface area contributed by atoms with Gasteiger partial charge in [-0.25, -0.2) is 17.4 Å². The minimum absolute atomic E-state index is 0.120. The summed E-state index contributed by atoms with van der Waals surface area (Å²) in [6.07, 6.45) is 6.15. The lowest BCUT2D eigenvalue weighted by molar-refractivity contribution is -0.385. The van der Waals surface area contributed by atoms with Crippen LogP contribution in [-0.2, 0) is 10.0 Å². The quantitative estimate of drug-likeness (QED) is 0.371. The van der Waals surface area contributed by atoms with Crippen LogP contribution in [0.3, 0.4) is 0 Å². The molecule has 1 aromatic carbocycles. The minimum atomic E-state index is -4.00. The van der Waals surface area contributed by atoms with Gasteiger partial charge in [-0.3, -0.25) is 14.5 Å². The zero-order valence-electron chi connectivity index (χ0n) is 14.5. The summed E-state index contributed by atoms with van der Waals surface area (Å²) in [4.78, 5) is 14.6. The highest BCUT2D eigenvalue weighted by Crippen LogP contribution is 2.27. The van der Waals surface area contributed by atoms with Crippen LogP contribution in [0, 0.1) is 17.0 Å². The van der Waals surface area contributed by atoms with Gasteiger partial charge in [0, 0.05) is 36.3 Å². The predicted molar refractivity (Wildman–Crippen MR) is 104 cm³/mol. The van der Waals surface area contributed by atoms with Crippen LogP contribution in [0.25, 0.3) is 16.9 Å². The van der Waals surface area contributed by atoms with Crippen molar-refractivity contribution in [3.63, 3.8) is 0 Å². The van der Waals surface area contributed by atoms with Gasteiger partial charge in [-0.05, 0) is 30.7 Å². The summed E-state index contributed by atoms with van der Waals surface area (Å²) < 4.78 is 28.9. The van der Waals surface area contributed by atoms with E-state index in [1.807, 2.05) is 0 Å². The summed E-state index contributed by atoms with van der Waals surface area (Å²) in [5, 5.41) is 11.5. The number of aryl methyl sites for hydroxylation is 1. The molecule has 0 spiro atoms. The smallest absolute Gasteiger partial charge is 0.270 e. The van der Waals surface area contributed by atoms with Crippen LogP contribution in [0.15, 0.2) is 66.1 Å². The van der Waals surface area contributed by atoms with Crippen molar-refractivity contribution in [3.05, 3.63) is 81.9 Å². The Morgan fingerprint density at radius 1 is 1.14 bits per heavy atom. The van der Waals surface area contributed by atoms with Crippen molar-refractivity contribution in [2.45, 2.75) is 11.8 Å². The van der Waals surface area contributed by atoms with Gasteiger partial charge in [0.2, 0.25) is 0 Å². The molecule has 28 heavy (non-hydrogen) atoms. The van der Waals surface area contributed by atoms with Gasteiger partial charge >= 0.3 is 0 Å². The topological polar surface area (TPSA) is 99.5 Å². The normalized spacial score (nSPS) is 11.8. The van der Waals surface area contributed by atoms with Crippen molar-refractivity contribution in [3.8, 4) is 11.3 Å². The summed E-state index contributed by atoms with van der Waals surface area (Å²) in [6, 6.07) is 8.87. The molecule has 8 nitrogen and oxygen atoms in total. The molecule has 0 bridgehead atoms. The maximum absolute atomic E-state index is 13.0. The summed E-state index contributed by atoms with van der Waals surface area (Å²) in [6.45, 7) is 1.59. The number of hydrogen-bond acceptors (Lipinski definition) is 5. The summed E-state index contributed by atoms with van der Waals surface area (Å²) in [5.41, 5.74) is 2.09. The van der Waals surface area contributed by atoms with Crippen LogP contribution in [0.2, 0.25) is 5.02 Å². The van der Waals surface area contributed by atoms with Crippen LogP contribution >= 0.6 is 11.6 Å². The minimum Gasteiger partial charge on any atom is -0.298 e. The van der Waals surface area contributed by atoms with Crippen molar-refractivity contribution in [1.82, 2.24) is 13.4 Å². The lowest BCUT2D eigenvalue weighted by Gasteiger charge is -2.08. The van der Waals surface area contributed by atoms with E-state index in [9.17, 15) is 18.5 Å². The van der Waals surface area contributed by atoms with Gasteiger partial charge in [0.25, 0.3) is 15.7 Å². The lowest BCUT2D eigenvalue weighted by atomic mass is 10.2. The molecule has 0 saturated heterocycles. The molecule has 0 aliphatic carbocycles. The largest absolute Gasteiger partial charge is 0.298 e. The highest BCUT2D eigenvalue weighted by molar-refractivity contribution is 7.90. The first-order valence-electron chi connectivity index (χ1n) is 8.09. The molecule has 0 radical (unpaired) electrons. The summed E-state index contributed by atoms with van der Waals surface area (Å²) in [7, 11) is -4.00. The number of rotatable bonds is 4. The number of halogens is 1. The third-order valence-electron chi connectivity index (χ3n) is 4.37. The fourth-order valence-electron chi connectivity index (χ4n) is 2.94. The third-order valence-corrected chi connectivity index (χ3v) is 6.37. The molecule has 0 aliphatic heterocycles. The van der Waals surface area contributed by atoms with Gasteiger partial charge in [-0.2, -0.15) is 0 Å². The molecule has 0 aliphatic rings. The Morgan fingerprint density at radius 2 is 1.93 bits per heavy atom. The molecule has 0 saturated carbocycles. The molecule has 0 atom stereocenters. The van der Waals surface area contributed by atoms with Crippen molar-refractivity contribution < 1.29 is 13.3 Å². The van der Waals surface area contributed by atoms with Crippen molar-refractivity contribution >= 4 is 33.0 Å². The Labute approximate surface area is 164 Å². The number of nitrogens with zero attached hydrogens (tertiary/aromatic N) is 4. The van der Waals surface area contributed by atoms with E-state index < -0.39 is 14.9 Å². The van der Waals surface area contributed by atoms with Gasteiger partial charge in [-0.1, -0.05) is 17.7 Å². The number of fused-ring (bicyclic) bond motifs is 1. The Bertz CT molecular complexity index is 1340. The van der Waals surface area contributed by atoms with Crippen molar-refractivity contribution in [1.29, 1.82) is 0 Å². The van der Waals surface area contributed by atoms with Crippen molar-refractivity contribution in [2.24, 2.45) is 0 Å². The second-order valence-electron chi connectivity index (χ2n) is 6.16. The van der Waals surface area contributed by atoms with E-state index in [0.717, 1.165) is 10.0 Å². The van der Waals surface area contributed by atoms with Crippen LogP contribution in [-0.4, -0.2) is 26.7 Å². The van der Waals surface area contributed by atoms with Gasteiger partial charge in [0.15, 0.2) is 0 Å². The van der Waals surface area contributed by atoms with E-state index in [1.54, 1.807) is 41.9 Å². The van der Waals surface area contributed by atoms with E-state index in [-0.39, 0.29) is 10.6 Å². The second-order valence-corrected chi connectivity index (χ2v) is 8.41. The number of aromatic nitrogens is 3. The number of benzene rings is 1. The van der Waals surface area contributed by atoms with Gasteiger partial charge in [0.1, 0.15) is 5.65 Å². The number of nitro benzene ring substituents is 1. The maximum Gasteiger partial charge on any atom is 0.270 e. The van der Waals surface area contributed by atoms with E-state index in [1.165, 1.54) is 24.5 Å². The number of non-ortho nitro benzene ring substituents is 1. The number of nitro groups is 1. The van der Waals surface area contributed by atoms with E-state index in [2.05, 4.69) is 4.98 Å². The van der Waals surface area contributed by atoms with Gasteiger partial charge in [-0.15, -0.1) is 0 Å². The molecule has 4 rings (SSSR count). The SMILES string of the molecule is Cc1ccc([N+](=O)[O-])cc1S(=O)(=O)n1ccc(-c2cnc3ccc(Cl)cn23)c1. The lowest BCUT2D eigenvalue weighted by Crippen LogP contribution is -2.12. The Morgan fingerprint density at radius 3 is 2.68 bits per heavy atom. The van der Waals surface area contributed by atoms with Crippen LogP contribution < -0.4 is 0 Å². The first kappa shape index (κ1) is 18.2. The second kappa shape index (κ2) is 6.47. The Kier molecular flexibility index (Phi) is 4.20. The first-order valence-corrected chi connectivity index (χ1v) is 9.91. The Balaban J connectivity index is 1.81. The molecular weight excluding hydrogens is 404 g/mol. The summed E-state index contributed by atoms with van der Waals surface area (Å²) in [5.74, 6) is 0. The van der Waals surface area contributed by atoms with Crippen LogP contribution in [0.4, 0.5) is 5.69 Å². The zero-order chi connectivity index (χ0) is 20.1. The molecule has 0 unspecified atom stereocenters. The standard InChI is InChI=1S/C18H13ClN4O4S/c1-12-2-4-15(23(24)25)8-17(12)28(26,27)21-7-6-13(10-21)16-9-20-18-5-3-14(19)11-22(16)18/h2-11H,1H3. The maximum atomic E-state index is 13.0. The monoisotopic (exact) mass is 416 g/mol. The number of hydrogen-bond donors (Lipinski definition) is 0. The molecule has 10 heteroatoms. The zero-order valence-corrected chi connectivity index (χ0v) is 16.1. The molecule has 0 fully saturated rings. The molecule has 0 N–H and O–H groups in total. The van der Waals surface area contributed by atoms with Gasteiger partial charge in [0.05, 0.1) is 26.7 Å². The third kappa shape index (κ3) is 2.94. The highest BCUT2D eigenvalue weighted by Gasteiger charge is 2.23. The van der Waals surface area contributed by atoms with E-state index in [0.29, 0.717) is 27.5 Å². The van der Waals surface area contributed by atoms with Gasteiger partial charge < -0.3 is 0 Å². The fraction of sp³-hybridized carbons (Fsp3) is 0.0556. The summed E-state index contributed by atoms with van der Waals surface area (Å²) >= 11 is 6.05. The van der Waals surface area contributed by atoms with E-state index in [4.69, 9.17) is 11.6 Å². The first-order chi connectivity index (χ1) is 13.3. The number of imidazole rings is 1. The molecule has 3 heterocycles. The van der Waals surface area contributed by atoms with Crippen molar-refractivity contribution in [2.75, 3.05) is 0 Å². The average Bonchev–Trinajstić information content (AvgIpc) is 3.28. The molecule has 142 valence electrons. The molecule has 4 aromatic rings. The average molecular weight is 417 g/mol. The van der Waals surface area contributed by atoms with E-state index >= 15 is 0 Å². The highest BCUT2D eigenvalue weighted by atomic mass is 35.5. The van der Waals surface area contributed by atoms with Crippen LogP contribution in [0.1, 0.15) is 5.56 Å². The van der Waals surface area contributed by atoms with Crippen LogP contribution in [0.5, 0.6) is 0 Å².